The highest BCUT2D eigenvalue weighted by molar-refractivity contribution is 7.92. The van der Waals surface area contributed by atoms with Crippen LogP contribution in [0, 0.1) is 6.92 Å². The topological polar surface area (TPSA) is 126 Å². The normalized spacial score (nSPS) is 17.6. The Morgan fingerprint density at radius 2 is 2.08 bits per heavy atom. The average molecular weight is 583 g/mol. The molecule has 3 heterocycles. The number of sulfone groups is 1. The van der Waals surface area contributed by atoms with Gasteiger partial charge in [-0.25, -0.2) is 18.7 Å². The van der Waals surface area contributed by atoms with Crippen LogP contribution in [0.2, 0.25) is 0 Å². The zero-order valence-electron chi connectivity index (χ0n) is 22.0. The van der Waals surface area contributed by atoms with Gasteiger partial charge in [0.25, 0.3) is 0 Å². The third-order valence-corrected chi connectivity index (χ3v) is 9.87. The second kappa shape index (κ2) is 11.4. The fourth-order valence-corrected chi connectivity index (χ4v) is 7.16. The highest BCUT2D eigenvalue weighted by atomic mass is 32.2. The van der Waals surface area contributed by atoms with Crippen LogP contribution in [0.15, 0.2) is 58.5 Å². The summed E-state index contributed by atoms with van der Waals surface area (Å²) in [6.07, 6.45) is 5.91. The van der Waals surface area contributed by atoms with Crippen LogP contribution < -0.4 is 4.74 Å². The Balaban J connectivity index is 1.23. The highest BCUT2D eigenvalue weighted by Crippen LogP contribution is 2.40. The van der Waals surface area contributed by atoms with E-state index in [0.29, 0.717) is 18.1 Å². The quantitative estimate of drug-likeness (QED) is 0.102. The van der Waals surface area contributed by atoms with Gasteiger partial charge in [-0.15, -0.1) is 0 Å². The summed E-state index contributed by atoms with van der Waals surface area (Å²) in [5.41, 5.74) is 4.42. The average Bonchev–Trinajstić information content (AvgIpc) is 3.63. The summed E-state index contributed by atoms with van der Waals surface area (Å²) in [6.45, 7) is 4.45. The van der Waals surface area contributed by atoms with Crippen molar-refractivity contribution < 1.29 is 27.6 Å². The first-order chi connectivity index (χ1) is 19.4. The molecule has 0 radical (unpaired) electrons. The minimum Gasteiger partial charge on any atom is -0.491 e. The molecule has 210 valence electrons. The summed E-state index contributed by atoms with van der Waals surface area (Å²) >= 11 is 0. The molecule has 1 aliphatic carbocycles. The highest BCUT2D eigenvalue weighted by Gasteiger charge is 2.37. The molecule has 1 saturated carbocycles. The predicted octanol–water partition coefficient (Wildman–Crippen LogP) is 5.12. The Bertz CT molecular complexity index is 1670. The largest absolute Gasteiger partial charge is 0.491 e. The van der Waals surface area contributed by atoms with Crippen LogP contribution in [0.25, 0.3) is 33.1 Å². The first-order valence-electron chi connectivity index (χ1n) is 13.3. The van der Waals surface area contributed by atoms with E-state index >= 15 is 0 Å². The van der Waals surface area contributed by atoms with E-state index in [-0.39, 0.29) is 11.3 Å². The number of aromatic amines is 1. The van der Waals surface area contributed by atoms with E-state index in [0.717, 1.165) is 76.7 Å². The fourth-order valence-electron chi connectivity index (χ4n) is 5.14. The zero-order valence-corrected chi connectivity index (χ0v) is 23.9. The van der Waals surface area contributed by atoms with Crippen molar-refractivity contribution in [3.05, 3.63) is 54.2 Å². The van der Waals surface area contributed by atoms with E-state index in [1.165, 1.54) is 0 Å². The lowest BCUT2D eigenvalue weighted by atomic mass is 9.99. The lowest BCUT2D eigenvalue weighted by Gasteiger charge is -2.16. The molecule has 2 unspecified atom stereocenters. The smallest absolute Gasteiger partial charge is 0.194 e. The SMILES string of the molecule is Cc1cnc2[nH]c3c(OCCCN4C=NC(COPOO)C4)ccc(-c4cccc(S(=O)(=O)C5CC5)c4)c3c2c1. The maximum absolute atomic E-state index is 13.0. The minimum absolute atomic E-state index is 0.0239. The summed E-state index contributed by atoms with van der Waals surface area (Å²) in [6, 6.07) is 13.3. The van der Waals surface area contributed by atoms with Gasteiger partial charge in [0.1, 0.15) is 11.4 Å². The van der Waals surface area contributed by atoms with Crippen LogP contribution in [0.1, 0.15) is 24.8 Å². The van der Waals surface area contributed by atoms with E-state index in [2.05, 4.69) is 30.6 Å². The molecule has 4 aromatic rings. The van der Waals surface area contributed by atoms with Crippen LogP contribution >= 0.6 is 9.03 Å². The number of aryl methyl sites for hydroxylation is 1. The number of nitrogens with one attached hydrogen (secondary N) is 1. The number of rotatable bonds is 12. The molecule has 2 aliphatic rings. The van der Waals surface area contributed by atoms with Crippen LogP contribution in [0.4, 0.5) is 0 Å². The Labute approximate surface area is 234 Å². The Morgan fingerprint density at radius 3 is 2.90 bits per heavy atom. The van der Waals surface area contributed by atoms with E-state index in [9.17, 15) is 8.42 Å². The third-order valence-electron chi connectivity index (χ3n) is 7.25. The monoisotopic (exact) mass is 582 g/mol. The van der Waals surface area contributed by atoms with Gasteiger partial charge in [-0.2, -0.15) is 4.67 Å². The molecule has 10 nitrogen and oxygen atoms in total. The van der Waals surface area contributed by atoms with Gasteiger partial charge in [-0.05, 0) is 73.2 Å². The van der Waals surface area contributed by atoms with Crippen molar-refractivity contribution >= 4 is 47.1 Å². The fraction of sp³-hybridized carbons (Fsp3) is 0.357. The second-order valence-electron chi connectivity index (χ2n) is 10.3. The van der Waals surface area contributed by atoms with Crippen LogP contribution in [0.3, 0.4) is 0 Å². The number of ether oxygens (including phenoxy) is 1. The van der Waals surface area contributed by atoms with Gasteiger partial charge in [-0.1, -0.05) is 12.1 Å². The molecule has 12 heteroatoms. The van der Waals surface area contributed by atoms with Gasteiger partial charge in [0.15, 0.2) is 18.9 Å². The number of aromatic nitrogens is 2. The molecular weight excluding hydrogens is 551 g/mol. The molecule has 1 aliphatic heterocycles. The molecule has 2 atom stereocenters. The van der Waals surface area contributed by atoms with Gasteiger partial charge >= 0.3 is 0 Å². The number of hydrogen-bond donors (Lipinski definition) is 2. The summed E-state index contributed by atoms with van der Waals surface area (Å²) < 4.78 is 41.3. The first kappa shape index (κ1) is 27.1. The van der Waals surface area contributed by atoms with Crippen molar-refractivity contribution in [2.24, 2.45) is 4.99 Å². The van der Waals surface area contributed by atoms with Crippen molar-refractivity contribution in [1.29, 1.82) is 0 Å². The molecule has 6 rings (SSSR count). The molecule has 0 amide bonds. The lowest BCUT2D eigenvalue weighted by molar-refractivity contribution is -0.133. The van der Waals surface area contributed by atoms with Crippen LogP contribution in [0.5, 0.6) is 5.75 Å². The minimum atomic E-state index is -3.31. The zero-order chi connectivity index (χ0) is 27.7. The summed E-state index contributed by atoms with van der Waals surface area (Å²) in [5.74, 6) is 0.725. The van der Waals surface area contributed by atoms with Crippen LogP contribution in [-0.2, 0) is 19.0 Å². The molecule has 0 saturated heterocycles. The maximum Gasteiger partial charge on any atom is 0.194 e. The van der Waals surface area contributed by atoms with Crippen molar-refractivity contribution in [2.75, 3.05) is 26.3 Å². The molecule has 2 N–H and O–H groups in total. The van der Waals surface area contributed by atoms with E-state index < -0.39 is 18.9 Å². The maximum atomic E-state index is 13.0. The molecule has 0 bridgehead atoms. The number of benzene rings is 2. The van der Waals surface area contributed by atoms with Gasteiger partial charge in [0.2, 0.25) is 0 Å². The second-order valence-corrected chi connectivity index (χ2v) is 13.1. The van der Waals surface area contributed by atoms with Crippen molar-refractivity contribution in [1.82, 2.24) is 14.9 Å². The van der Waals surface area contributed by atoms with E-state index in [4.69, 9.17) is 14.5 Å². The van der Waals surface area contributed by atoms with Gasteiger partial charge < -0.3 is 19.1 Å². The van der Waals surface area contributed by atoms with Crippen LogP contribution in [-0.4, -0.2) is 72.5 Å². The van der Waals surface area contributed by atoms with Gasteiger partial charge in [0, 0.05) is 30.1 Å². The predicted molar refractivity (Wildman–Crippen MR) is 156 cm³/mol. The number of aliphatic imine (C=N–C) groups is 1. The van der Waals surface area contributed by atoms with Crippen molar-refractivity contribution in [3.63, 3.8) is 0 Å². The lowest BCUT2D eigenvalue weighted by Crippen LogP contribution is -2.27. The number of fused-ring (bicyclic) bond motifs is 3. The van der Waals surface area contributed by atoms with Gasteiger partial charge in [-0.3, -0.25) is 4.99 Å². The molecule has 1 fully saturated rings. The number of hydrogen-bond acceptors (Lipinski definition) is 9. The molecule has 2 aromatic carbocycles. The third kappa shape index (κ3) is 5.57. The van der Waals surface area contributed by atoms with Crippen molar-refractivity contribution in [2.45, 2.75) is 42.4 Å². The Morgan fingerprint density at radius 1 is 1.20 bits per heavy atom. The van der Waals surface area contributed by atoms with E-state index in [1.54, 1.807) is 12.1 Å². The Hall–Kier alpha value is -3.08. The van der Waals surface area contributed by atoms with E-state index in [1.807, 2.05) is 43.7 Å². The summed E-state index contributed by atoms with van der Waals surface area (Å²) in [4.78, 5) is 15.0. The number of H-pyrrole nitrogens is 1. The molecular formula is C28H31N4O6PS. The molecule has 2 aromatic heterocycles. The number of pyridine rings is 1. The number of nitrogens with zero attached hydrogens (tertiary/aromatic N) is 3. The summed E-state index contributed by atoms with van der Waals surface area (Å²) in [7, 11) is -3.70. The first-order valence-corrected chi connectivity index (χ1v) is 15.6. The molecule has 0 spiro atoms. The molecule has 40 heavy (non-hydrogen) atoms. The Kier molecular flexibility index (Phi) is 7.74. The van der Waals surface area contributed by atoms with Gasteiger partial charge in [0.05, 0.1) is 41.3 Å². The van der Waals surface area contributed by atoms with Crippen molar-refractivity contribution in [3.8, 4) is 16.9 Å². The standard InChI is InChI=1S/C28H31N4O6PS/c1-18-12-24-26-23(19-4-2-5-22(13-19)40(34,35)21-6-7-21)8-9-25(27(26)31-28(24)29-14-18)36-11-3-10-32-15-20(30-17-32)16-37-39-38-33/h2,4-5,8-9,12-14,17,20-21,33,39H,3,6-7,10-11,15-16H2,1H3,(H,29,31). The summed E-state index contributed by atoms with van der Waals surface area (Å²) in [5, 5.41) is 10.1.